The van der Waals surface area contributed by atoms with Crippen LogP contribution in [0.15, 0.2) is 48.5 Å². The number of likely N-dealkylation sites (tertiary alicyclic amines) is 2. The maximum Gasteiger partial charge on any atom is 0.410 e. The summed E-state index contributed by atoms with van der Waals surface area (Å²) in [6.07, 6.45) is 0.118. The molecule has 1 atom stereocenters. The zero-order valence-electron chi connectivity index (χ0n) is 21.6. The number of hydrogen-bond acceptors (Lipinski definition) is 5. The average Bonchev–Trinajstić information content (AvgIpc) is 3.38. The van der Waals surface area contributed by atoms with Crippen LogP contribution in [0.3, 0.4) is 0 Å². The predicted octanol–water partition coefficient (Wildman–Crippen LogP) is 4.97. The highest BCUT2D eigenvalue weighted by atomic mass is 16.6. The highest BCUT2D eigenvalue weighted by Gasteiger charge is 2.53. The molecule has 2 amide bonds. The van der Waals surface area contributed by atoms with Gasteiger partial charge in [-0.05, 0) is 55.9 Å². The molecule has 2 saturated heterocycles. The van der Waals surface area contributed by atoms with E-state index in [0.717, 1.165) is 22.3 Å². The Morgan fingerprint density at radius 1 is 0.919 bits per heavy atom. The summed E-state index contributed by atoms with van der Waals surface area (Å²) in [6.45, 7) is 6.87. The first-order chi connectivity index (χ1) is 17.6. The second-order valence-electron chi connectivity index (χ2n) is 11.4. The quantitative estimate of drug-likeness (QED) is 0.632. The largest absolute Gasteiger partial charge is 0.481 e. The molecule has 5 rings (SSSR count). The van der Waals surface area contributed by atoms with Crippen molar-refractivity contribution in [3.63, 3.8) is 0 Å². The second-order valence-corrected chi connectivity index (χ2v) is 11.4. The van der Waals surface area contributed by atoms with Crippen LogP contribution in [0.25, 0.3) is 11.1 Å². The molecule has 196 valence electrons. The summed E-state index contributed by atoms with van der Waals surface area (Å²) in [5.41, 5.74) is 3.39. The molecule has 2 aromatic rings. The van der Waals surface area contributed by atoms with Crippen molar-refractivity contribution in [3.05, 3.63) is 59.7 Å². The molecule has 8 nitrogen and oxygen atoms in total. The minimum atomic E-state index is -0.917. The summed E-state index contributed by atoms with van der Waals surface area (Å²) < 4.78 is 11.3. The smallest absolute Gasteiger partial charge is 0.410 e. The van der Waals surface area contributed by atoms with Crippen LogP contribution in [0.2, 0.25) is 0 Å². The third kappa shape index (κ3) is 4.77. The Morgan fingerprint density at radius 3 is 2.03 bits per heavy atom. The van der Waals surface area contributed by atoms with Crippen molar-refractivity contribution in [1.29, 1.82) is 0 Å². The van der Waals surface area contributed by atoms with Crippen molar-refractivity contribution >= 4 is 18.2 Å². The van der Waals surface area contributed by atoms with Gasteiger partial charge < -0.3 is 24.4 Å². The molecule has 3 aliphatic rings. The molecule has 1 N–H and O–H groups in total. The van der Waals surface area contributed by atoms with E-state index in [1.807, 2.05) is 45.0 Å². The Hall–Kier alpha value is -3.55. The molecule has 2 heterocycles. The Bertz CT molecular complexity index is 1170. The Balaban J connectivity index is 1.25. The van der Waals surface area contributed by atoms with Crippen molar-refractivity contribution in [2.45, 2.75) is 45.1 Å². The lowest BCUT2D eigenvalue weighted by Crippen LogP contribution is -2.49. The van der Waals surface area contributed by atoms with E-state index >= 15 is 0 Å². The lowest BCUT2D eigenvalue weighted by Gasteiger charge is -2.41. The standard InChI is InChI=1S/C29H34N2O6/c1-28(2,3)37-27(35)30-14-12-29(13-15-30)18-31(16-24(29)25(32)33)26(34)36-17-23-21-10-6-4-8-19(21)20-9-5-7-11-22(20)23/h4-11,23-24H,12-18H2,1-3H3,(H,32,33). The number of rotatable bonds is 3. The number of carboxylic acids is 1. The van der Waals surface area contributed by atoms with E-state index < -0.39 is 29.0 Å². The fourth-order valence-corrected chi connectivity index (χ4v) is 6.10. The van der Waals surface area contributed by atoms with Crippen molar-refractivity contribution in [2.75, 3.05) is 32.8 Å². The van der Waals surface area contributed by atoms with Gasteiger partial charge in [-0.25, -0.2) is 9.59 Å². The maximum absolute atomic E-state index is 13.2. The highest BCUT2D eigenvalue weighted by molar-refractivity contribution is 5.79. The fourth-order valence-electron chi connectivity index (χ4n) is 6.10. The number of carbonyl (C=O) groups excluding carboxylic acids is 2. The molecule has 2 aliphatic heterocycles. The molecule has 0 radical (unpaired) electrons. The van der Waals surface area contributed by atoms with Gasteiger partial charge in [-0.15, -0.1) is 0 Å². The van der Waals surface area contributed by atoms with Crippen LogP contribution in [-0.4, -0.2) is 71.4 Å². The molecule has 1 spiro atoms. The molecular weight excluding hydrogens is 472 g/mol. The minimum Gasteiger partial charge on any atom is -0.481 e. The van der Waals surface area contributed by atoms with Crippen LogP contribution in [0.1, 0.15) is 50.7 Å². The summed E-state index contributed by atoms with van der Waals surface area (Å²) in [5, 5.41) is 10.00. The lowest BCUT2D eigenvalue weighted by atomic mass is 9.71. The van der Waals surface area contributed by atoms with Crippen LogP contribution >= 0.6 is 0 Å². The summed E-state index contributed by atoms with van der Waals surface area (Å²) >= 11 is 0. The topological polar surface area (TPSA) is 96.4 Å². The summed E-state index contributed by atoms with van der Waals surface area (Å²) in [7, 11) is 0. The second kappa shape index (κ2) is 9.39. The van der Waals surface area contributed by atoms with Gasteiger partial charge in [0, 0.05) is 37.5 Å². The zero-order chi connectivity index (χ0) is 26.4. The van der Waals surface area contributed by atoms with E-state index in [4.69, 9.17) is 9.47 Å². The van der Waals surface area contributed by atoms with Gasteiger partial charge in [0.25, 0.3) is 0 Å². The molecule has 8 heteroatoms. The third-order valence-corrected chi connectivity index (χ3v) is 7.95. The van der Waals surface area contributed by atoms with Crippen LogP contribution in [-0.2, 0) is 14.3 Å². The molecule has 2 aromatic carbocycles. The van der Waals surface area contributed by atoms with E-state index in [2.05, 4.69) is 24.3 Å². The van der Waals surface area contributed by atoms with Gasteiger partial charge in [0.05, 0.1) is 5.92 Å². The Morgan fingerprint density at radius 2 is 1.49 bits per heavy atom. The van der Waals surface area contributed by atoms with E-state index in [1.54, 1.807) is 4.90 Å². The molecule has 1 unspecified atom stereocenters. The number of benzene rings is 2. The van der Waals surface area contributed by atoms with Gasteiger partial charge in [-0.3, -0.25) is 4.79 Å². The monoisotopic (exact) mass is 506 g/mol. The van der Waals surface area contributed by atoms with E-state index in [-0.39, 0.29) is 25.2 Å². The number of piperidine rings is 1. The van der Waals surface area contributed by atoms with Crippen molar-refractivity contribution in [3.8, 4) is 11.1 Å². The molecule has 0 aromatic heterocycles. The zero-order valence-corrected chi connectivity index (χ0v) is 21.6. The van der Waals surface area contributed by atoms with E-state index in [1.165, 1.54) is 4.90 Å². The van der Waals surface area contributed by atoms with Gasteiger partial charge in [0.1, 0.15) is 12.2 Å². The molecule has 2 fully saturated rings. The number of fused-ring (bicyclic) bond motifs is 3. The van der Waals surface area contributed by atoms with Crippen LogP contribution in [0.4, 0.5) is 9.59 Å². The first kappa shape index (κ1) is 25.1. The van der Waals surface area contributed by atoms with Crippen LogP contribution in [0.5, 0.6) is 0 Å². The van der Waals surface area contributed by atoms with Crippen LogP contribution in [0, 0.1) is 11.3 Å². The number of aliphatic carboxylic acids is 1. The van der Waals surface area contributed by atoms with Gasteiger partial charge in [-0.2, -0.15) is 0 Å². The van der Waals surface area contributed by atoms with E-state index in [0.29, 0.717) is 32.5 Å². The van der Waals surface area contributed by atoms with Gasteiger partial charge in [0.2, 0.25) is 0 Å². The summed E-state index contributed by atoms with van der Waals surface area (Å²) in [6, 6.07) is 16.3. The highest BCUT2D eigenvalue weighted by Crippen LogP contribution is 2.46. The van der Waals surface area contributed by atoms with Gasteiger partial charge >= 0.3 is 18.2 Å². The predicted molar refractivity (Wildman–Crippen MR) is 137 cm³/mol. The lowest BCUT2D eigenvalue weighted by molar-refractivity contribution is -0.145. The maximum atomic E-state index is 13.2. The molecular formula is C29H34N2O6. The van der Waals surface area contributed by atoms with Gasteiger partial charge in [-0.1, -0.05) is 48.5 Å². The number of nitrogens with zero attached hydrogens (tertiary/aromatic N) is 2. The number of ether oxygens (including phenoxy) is 2. The summed E-state index contributed by atoms with van der Waals surface area (Å²) in [5.74, 6) is -1.67. The molecule has 0 saturated carbocycles. The summed E-state index contributed by atoms with van der Waals surface area (Å²) in [4.78, 5) is 41.0. The first-order valence-electron chi connectivity index (χ1n) is 12.9. The fraction of sp³-hybridized carbons (Fsp3) is 0.483. The number of amides is 2. The normalized spacial score (nSPS) is 20.5. The molecule has 1 aliphatic carbocycles. The first-order valence-corrected chi connectivity index (χ1v) is 12.9. The third-order valence-electron chi connectivity index (χ3n) is 7.95. The Kier molecular flexibility index (Phi) is 6.38. The van der Waals surface area contributed by atoms with Crippen LogP contribution < -0.4 is 0 Å². The van der Waals surface area contributed by atoms with Crippen molar-refractivity contribution in [1.82, 2.24) is 9.80 Å². The van der Waals surface area contributed by atoms with E-state index in [9.17, 15) is 19.5 Å². The minimum absolute atomic E-state index is 0.0553. The molecule has 37 heavy (non-hydrogen) atoms. The Labute approximate surface area is 217 Å². The SMILES string of the molecule is CC(C)(C)OC(=O)N1CCC2(CC1)CN(C(=O)OCC1c3ccccc3-c3ccccc31)CC2C(=O)O. The number of carboxylic acid groups (broad SMARTS) is 1. The molecule has 0 bridgehead atoms. The number of carbonyl (C=O) groups is 3. The average molecular weight is 507 g/mol. The number of hydrogen-bond donors (Lipinski definition) is 1. The van der Waals surface area contributed by atoms with Crippen molar-refractivity contribution in [2.24, 2.45) is 11.3 Å². The van der Waals surface area contributed by atoms with Gasteiger partial charge in [0.15, 0.2) is 0 Å². The van der Waals surface area contributed by atoms with Crippen molar-refractivity contribution < 1.29 is 29.0 Å².